The minimum atomic E-state index is -1.11. The lowest BCUT2D eigenvalue weighted by Crippen LogP contribution is -2.37. The highest BCUT2D eigenvalue weighted by Crippen LogP contribution is 2.11. The van der Waals surface area contributed by atoms with Crippen LogP contribution in [0.3, 0.4) is 0 Å². The third-order valence-corrected chi connectivity index (χ3v) is 3.83. The summed E-state index contributed by atoms with van der Waals surface area (Å²) in [6.45, 7) is 2.58. The smallest absolute Gasteiger partial charge is 0.303 e. The Hall–Kier alpha value is -1.22. The topological polar surface area (TPSA) is 156 Å². The second kappa shape index (κ2) is 22.8. The first-order valence-corrected chi connectivity index (χ1v) is 9.66. The summed E-state index contributed by atoms with van der Waals surface area (Å²) in [5.74, 6) is -1.35. The number of carboxylic acids is 2. The van der Waals surface area contributed by atoms with E-state index in [1.54, 1.807) is 0 Å². The van der Waals surface area contributed by atoms with Crippen molar-refractivity contribution in [3.63, 3.8) is 0 Å². The summed E-state index contributed by atoms with van der Waals surface area (Å²) in [5, 5.41) is 50.4. The van der Waals surface area contributed by atoms with Gasteiger partial charge in [-0.3, -0.25) is 9.59 Å². The Balaban J connectivity index is -0.000000322. The molecule has 0 aromatic carbocycles. The predicted molar refractivity (Wildman–Crippen MR) is 104 cm³/mol. The van der Waals surface area contributed by atoms with Crippen LogP contribution in [0, 0.1) is 5.41 Å². The molecule has 0 aromatic rings. The molecule has 0 bridgehead atoms. The van der Waals surface area contributed by atoms with Crippen molar-refractivity contribution in [2.45, 2.75) is 78.1 Å². The van der Waals surface area contributed by atoms with Crippen LogP contribution in [0.2, 0.25) is 0 Å². The van der Waals surface area contributed by atoms with Gasteiger partial charge >= 0.3 is 11.9 Å². The molecule has 164 valence electrons. The van der Waals surface area contributed by atoms with Crippen LogP contribution < -0.4 is 0 Å². The maximum absolute atomic E-state index is 10.0. The number of unbranched alkanes of at least 4 members (excludes halogenated alkanes) is 6. The molecule has 0 rings (SSSR count). The number of aliphatic carboxylic acids is 2. The summed E-state index contributed by atoms with van der Waals surface area (Å²) in [6.07, 6.45) is 9.16. The average molecular weight is 397 g/mol. The van der Waals surface area contributed by atoms with E-state index in [0.717, 1.165) is 32.1 Å². The Kier molecular flexibility index (Phi) is 25.8. The summed E-state index contributed by atoms with van der Waals surface area (Å²) in [7, 11) is 0. The first-order chi connectivity index (χ1) is 12.8. The number of aliphatic hydroxyl groups is 4. The van der Waals surface area contributed by atoms with Crippen LogP contribution in [0.1, 0.15) is 78.1 Å². The number of rotatable bonds is 14. The molecule has 0 heterocycles. The minimum Gasteiger partial charge on any atom is -0.481 e. The fraction of sp³-hybridized carbons (Fsp3) is 0.895. The van der Waals surface area contributed by atoms with E-state index in [2.05, 4.69) is 13.8 Å². The highest BCUT2D eigenvalue weighted by Gasteiger charge is 2.26. The second-order valence-corrected chi connectivity index (χ2v) is 6.54. The second-order valence-electron chi connectivity index (χ2n) is 6.54. The molecule has 0 aliphatic rings. The molecule has 0 fully saturated rings. The van der Waals surface area contributed by atoms with E-state index in [1.165, 1.54) is 19.3 Å². The summed E-state index contributed by atoms with van der Waals surface area (Å²) in [5.41, 5.74) is -1.11. The third-order valence-electron chi connectivity index (χ3n) is 3.83. The molecule has 0 spiro atoms. The van der Waals surface area contributed by atoms with Crippen molar-refractivity contribution in [2.24, 2.45) is 5.41 Å². The molecule has 6 N–H and O–H groups in total. The molecule has 8 nitrogen and oxygen atoms in total. The quantitative estimate of drug-likeness (QED) is 0.244. The molecule has 27 heavy (non-hydrogen) atoms. The number of carboxylic acid groups (broad SMARTS) is 2. The summed E-state index contributed by atoms with van der Waals surface area (Å²) in [4.78, 5) is 19.9. The Morgan fingerprint density at radius 2 is 0.889 bits per heavy atom. The van der Waals surface area contributed by atoms with Gasteiger partial charge in [0.1, 0.15) is 0 Å². The summed E-state index contributed by atoms with van der Waals surface area (Å²) >= 11 is 0. The molecule has 0 atom stereocenters. The number of carbonyl (C=O) groups is 2. The molecular formula is C19H40O8. The van der Waals surface area contributed by atoms with Crippen molar-refractivity contribution in [3.8, 4) is 0 Å². The van der Waals surface area contributed by atoms with Gasteiger partial charge in [0.05, 0.1) is 31.8 Å². The fourth-order valence-electron chi connectivity index (χ4n) is 1.71. The zero-order valence-electron chi connectivity index (χ0n) is 16.9. The van der Waals surface area contributed by atoms with Gasteiger partial charge in [-0.2, -0.15) is 0 Å². The lowest BCUT2D eigenvalue weighted by atomic mass is 9.93. The number of hydrogen-bond donors (Lipinski definition) is 6. The van der Waals surface area contributed by atoms with E-state index in [4.69, 9.17) is 30.6 Å². The van der Waals surface area contributed by atoms with Crippen molar-refractivity contribution >= 4 is 11.9 Å². The van der Waals surface area contributed by atoms with Crippen molar-refractivity contribution in [2.75, 3.05) is 26.4 Å². The molecule has 0 aliphatic heterocycles. The van der Waals surface area contributed by atoms with E-state index in [-0.39, 0.29) is 0 Å². The van der Waals surface area contributed by atoms with Crippen LogP contribution in [-0.2, 0) is 9.59 Å². The van der Waals surface area contributed by atoms with Crippen molar-refractivity contribution in [3.05, 3.63) is 0 Å². The maximum Gasteiger partial charge on any atom is 0.303 e. The van der Waals surface area contributed by atoms with E-state index in [9.17, 15) is 9.59 Å². The Morgan fingerprint density at radius 3 is 1.15 bits per heavy atom. The summed E-state index contributed by atoms with van der Waals surface area (Å²) < 4.78 is 0. The van der Waals surface area contributed by atoms with Gasteiger partial charge < -0.3 is 30.6 Å². The summed E-state index contributed by atoms with van der Waals surface area (Å²) in [6, 6.07) is 0. The van der Waals surface area contributed by atoms with Crippen molar-refractivity contribution in [1.82, 2.24) is 0 Å². The van der Waals surface area contributed by atoms with Gasteiger partial charge in [-0.05, 0) is 12.8 Å². The highest BCUT2D eigenvalue weighted by molar-refractivity contribution is 5.66. The monoisotopic (exact) mass is 396 g/mol. The standard InChI is InChI=1S/C8H16O2.C6H12O2.C5H12O4/c1-2-3-4-5-6-7-8(9)10;1-2-3-4-5-6(7)8;6-1-5(2-7,3-8)4-9/h2-7H2,1H3,(H,9,10);2-5H2,1H3,(H,7,8);6-9H,1-4H2. The fourth-order valence-corrected chi connectivity index (χ4v) is 1.71. The first-order valence-electron chi connectivity index (χ1n) is 9.66. The van der Waals surface area contributed by atoms with Gasteiger partial charge in [-0.15, -0.1) is 0 Å². The van der Waals surface area contributed by atoms with Crippen molar-refractivity contribution in [1.29, 1.82) is 0 Å². The van der Waals surface area contributed by atoms with Gasteiger partial charge in [0.25, 0.3) is 0 Å². The lowest BCUT2D eigenvalue weighted by Gasteiger charge is -2.23. The normalized spacial score (nSPS) is 10.3. The predicted octanol–water partition coefficient (Wildman–Crippen LogP) is 2.02. The largest absolute Gasteiger partial charge is 0.481 e. The molecule has 0 saturated carbocycles. The van der Waals surface area contributed by atoms with Crippen molar-refractivity contribution < 1.29 is 40.2 Å². The van der Waals surface area contributed by atoms with Crippen LogP contribution in [0.5, 0.6) is 0 Å². The molecule has 0 radical (unpaired) electrons. The molecule has 8 heteroatoms. The third kappa shape index (κ3) is 24.8. The zero-order chi connectivity index (χ0) is 21.6. The van der Waals surface area contributed by atoms with Gasteiger partial charge in [-0.25, -0.2) is 0 Å². The Morgan fingerprint density at radius 1 is 0.593 bits per heavy atom. The Labute approximate surface area is 162 Å². The maximum atomic E-state index is 10.0. The molecule has 0 unspecified atom stereocenters. The molecule has 0 saturated heterocycles. The number of hydrogen-bond acceptors (Lipinski definition) is 6. The molecule has 0 amide bonds. The minimum absolute atomic E-state index is 0.327. The first kappa shape index (κ1) is 30.5. The lowest BCUT2D eigenvalue weighted by molar-refractivity contribution is -0.138. The van der Waals surface area contributed by atoms with E-state index < -0.39 is 43.8 Å². The molecular weight excluding hydrogens is 356 g/mol. The average Bonchev–Trinajstić information content (AvgIpc) is 2.65. The molecule has 0 aromatic heterocycles. The van der Waals surface area contributed by atoms with Crippen LogP contribution in [-0.4, -0.2) is 69.0 Å². The number of aliphatic hydroxyl groups excluding tert-OH is 4. The van der Waals surface area contributed by atoms with Crippen LogP contribution in [0.25, 0.3) is 0 Å². The Bertz CT molecular complexity index is 312. The van der Waals surface area contributed by atoms with E-state index in [0.29, 0.717) is 12.8 Å². The van der Waals surface area contributed by atoms with E-state index >= 15 is 0 Å². The van der Waals surface area contributed by atoms with Crippen LogP contribution in [0.4, 0.5) is 0 Å². The van der Waals surface area contributed by atoms with Gasteiger partial charge in [0.15, 0.2) is 0 Å². The van der Waals surface area contributed by atoms with Gasteiger partial charge in [0, 0.05) is 12.8 Å². The van der Waals surface area contributed by atoms with E-state index in [1.807, 2.05) is 0 Å². The van der Waals surface area contributed by atoms with Gasteiger partial charge in [-0.1, -0.05) is 52.4 Å². The molecule has 0 aliphatic carbocycles. The van der Waals surface area contributed by atoms with Gasteiger partial charge in [0.2, 0.25) is 0 Å². The SMILES string of the molecule is CCCCCC(=O)O.CCCCCCCC(=O)O.OCC(CO)(CO)CO. The van der Waals surface area contributed by atoms with Crippen LogP contribution >= 0.6 is 0 Å². The van der Waals surface area contributed by atoms with Crippen LogP contribution in [0.15, 0.2) is 0 Å². The zero-order valence-corrected chi connectivity index (χ0v) is 16.9. The highest BCUT2D eigenvalue weighted by atomic mass is 16.4.